The molecule has 0 saturated heterocycles. The molecule has 8 aromatic rings. The Hall–Kier alpha value is -8.32. The lowest BCUT2D eigenvalue weighted by Gasteiger charge is -2.14. The molecule has 0 aliphatic heterocycles. The Kier molecular flexibility index (Phi) is 17.8. The van der Waals surface area contributed by atoms with Crippen LogP contribution in [0.1, 0.15) is 48.9 Å². The van der Waals surface area contributed by atoms with Crippen LogP contribution >= 0.6 is 11.6 Å². The summed E-state index contributed by atoms with van der Waals surface area (Å²) in [6.45, 7) is 16.6. The SMILES string of the molecule is C#C[Si](C)(C)C.CNc1ncc2cc(-c3cc(NC(=O)c4ccnc(C(F)(F)F)c4)ccc3C)c(C#C[Si](C)(C)C)nc2n1.CNc1ncc2cc(-c3cc(NC(=O)c4ccnc(C(F)(F)F)c4)ccc3C)c(Cl)nc2n1. The van der Waals surface area contributed by atoms with Crippen molar-refractivity contribution in [2.75, 3.05) is 35.4 Å². The molecule has 0 radical (unpaired) electrons. The van der Waals surface area contributed by atoms with Crippen LogP contribution in [0.3, 0.4) is 0 Å². The highest BCUT2D eigenvalue weighted by atomic mass is 35.5. The number of pyridine rings is 4. The molecule has 4 N–H and O–H groups in total. The second-order valence-electron chi connectivity index (χ2n) is 19.1. The van der Waals surface area contributed by atoms with Crippen LogP contribution in [0, 0.1) is 37.3 Å². The highest BCUT2D eigenvalue weighted by Crippen LogP contribution is 2.35. The lowest BCUT2D eigenvalue weighted by Crippen LogP contribution is -2.16. The summed E-state index contributed by atoms with van der Waals surface area (Å²) in [6, 6.07) is 17.9. The minimum atomic E-state index is -4.65. The normalized spacial score (nSPS) is 11.4. The van der Waals surface area contributed by atoms with Crippen molar-refractivity contribution in [2.45, 2.75) is 65.5 Å². The molecule has 77 heavy (non-hydrogen) atoms. The molecule has 0 unspecified atom stereocenters. The summed E-state index contributed by atoms with van der Waals surface area (Å²) in [5, 5.41) is 12.6. The van der Waals surface area contributed by atoms with Gasteiger partial charge in [-0.15, -0.1) is 17.5 Å². The average molecular weight is 1110 g/mol. The van der Waals surface area contributed by atoms with Gasteiger partial charge in [-0.1, -0.05) is 68.9 Å². The predicted octanol–water partition coefficient (Wildman–Crippen LogP) is 12.8. The summed E-state index contributed by atoms with van der Waals surface area (Å²) in [6.07, 6.45) is 1.01. The fourth-order valence-corrected chi connectivity index (χ4v) is 7.45. The third-order valence-electron chi connectivity index (χ3n) is 10.7. The van der Waals surface area contributed by atoms with Gasteiger partial charge < -0.3 is 21.3 Å². The van der Waals surface area contributed by atoms with Gasteiger partial charge in [0, 0.05) is 83.3 Å². The molecule has 0 saturated carbocycles. The number of rotatable bonds is 8. The van der Waals surface area contributed by atoms with Crippen molar-refractivity contribution >= 4 is 84.9 Å². The lowest BCUT2D eigenvalue weighted by molar-refractivity contribution is -0.142. The molecule has 0 bridgehead atoms. The van der Waals surface area contributed by atoms with Crippen molar-refractivity contribution in [1.82, 2.24) is 39.9 Å². The van der Waals surface area contributed by atoms with Crippen molar-refractivity contribution in [3.05, 3.63) is 142 Å². The Morgan fingerprint density at radius 1 is 0.571 bits per heavy atom. The number of alkyl halides is 6. The lowest BCUT2D eigenvalue weighted by atomic mass is 9.97. The molecule has 0 aliphatic carbocycles. The highest BCUT2D eigenvalue weighted by molar-refractivity contribution is 6.84. The van der Waals surface area contributed by atoms with E-state index in [2.05, 4.69) is 112 Å². The number of amides is 2. The van der Waals surface area contributed by atoms with E-state index in [1.807, 2.05) is 26.0 Å². The van der Waals surface area contributed by atoms with Crippen LogP contribution in [-0.4, -0.2) is 81.9 Å². The Morgan fingerprint density at radius 2 is 1.00 bits per heavy atom. The van der Waals surface area contributed by atoms with Crippen LogP contribution in [0.2, 0.25) is 44.4 Å². The second-order valence-corrected chi connectivity index (χ2v) is 29.0. The molecule has 8 rings (SSSR count). The number of aromatic nitrogens is 8. The summed E-state index contributed by atoms with van der Waals surface area (Å²) in [4.78, 5) is 58.2. The third kappa shape index (κ3) is 15.6. The number of carbonyl (C=O) groups excluding carboxylic acids is 2. The number of nitrogens with zero attached hydrogens (tertiary/aromatic N) is 8. The first-order chi connectivity index (χ1) is 36.0. The maximum atomic E-state index is 13.0. The van der Waals surface area contributed by atoms with E-state index < -0.39 is 51.7 Å². The molecule has 396 valence electrons. The number of terminal acetylenes is 1. The maximum absolute atomic E-state index is 13.0. The van der Waals surface area contributed by atoms with Crippen molar-refractivity contribution in [3.63, 3.8) is 0 Å². The Morgan fingerprint density at radius 3 is 1.42 bits per heavy atom. The van der Waals surface area contributed by atoms with Gasteiger partial charge in [0.05, 0.1) is 0 Å². The van der Waals surface area contributed by atoms with Crippen LogP contribution in [0.15, 0.2) is 97.6 Å². The van der Waals surface area contributed by atoms with Crippen molar-refractivity contribution in [2.24, 2.45) is 0 Å². The first-order valence-corrected chi connectivity index (χ1v) is 30.7. The zero-order chi connectivity index (χ0) is 56.6. The van der Waals surface area contributed by atoms with Crippen LogP contribution in [0.4, 0.5) is 49.6 Å². The molecule has 0 atom stereocenters. The average Bonchev–Trinajstić information content (AvgIpc) is 3.39. The summed E-state index contributed by atoms with van der Waals surface area (Å²) in [5.41, 5.74) is 10.3. The first-order valence-electron chi connectivity index (χ1n) is 23.3. The molecule has 23 heteroatoms. The fourth-order valence-electron chi connectivity index (χ4n) is 6.72. The Balaban J connectivity index is 0.000000227. The van der Waals surface area contributed by atoms with E-state index >= 15 is 0 Å². The van der Waals surface area contributed by atoms with Gasteiger partial charge in [0.2, 0.25) is 11.9 Å². The van der Waals surface area contributed by atoms with Crippen molar-refractivity contribution in [1.29, 1.82) is 0 Å². The van der Waals surface area contributed by atoms with Crippen LogP contribution < -0.4 is 21.3 Å². The highest BCUT2D eigenvalue weighted by Gasteiger charge is 2.34. The smallest absolute Gasteiger partial charge is 0.357 e. The molecule has 2 amide bonds. The van der Waals surface area contributed by atoms with Gasteiger partial charge in [0.25, 0.3) is 11.8 Å². The van der Waals surface area contributed by atoms with Crippen molar-refractivity contribution < 1.29 is 35.9 Å². The number of benzene rings is 2. The second kappa shape index (κ2) is 23.7. The molecule has 6 aromatic heterocycles. The van der Waals surface area contributed by atoms with E-state index in [1.54, 1.807) is 62.9 Å². The van der Waals surface area contributed by atoms with Crippen LogP contribution in [-0.2, 0) is 12.4 Å². The van der Waals surface area contributed by atoms with E-state index in [9.17, 15) is 35.9 Å². The standard InChI is InChI=1S/C27H25F3N6OSi.C22H16ClF3N6O.C5H10Si/c1-16-6-7-19(34-25(37)17-8-10-32-23(13-17)27(28,29)30)14-20(16)21-12-18-15-33-26(31-2)36-24(18)35-22(21)9-11-38(3,4)5;1-11-3-4-14(30-20(33)12-5-6-28-17(8-12)22(24,25)26)9-15(11)16-7-13-10-29-21(27-2)32-19(13)31-18(16)23;1-5-6(2,3)4/h6-8,10,12-15H,1-5H3,(H,34,37)(H,31,33,35,36);3-10H,1-2H3,(H,30,33)(H,27,29,31,32);1H,2-4H3. The summed E-state index contributed by atoms with van der Waals surface area (Å²) >= 11 is 6.43. The number of aryl methyl sites for hydroxylation is 2. The molecule has 0 aliphatic rings. The van der Waals surface area contributed by atoms with E-state index in [-0.39, 0.29) is 16.3 Å². The number of fused-ring (bicyclic) bond motifs is 2. The molecule has 0 spiro atoms. The van der Waals surface area contributed by atoms with Crippen LogP contribution in [0.5, 0.6) is 0 Å². The number of nitrogens with one attached hydrogen (secondary N) is 4. The zero-order valence-corrected chi connectivity index (χ0v) is 46.1. The number of carbonyl (C=O) groups is 2. The number of halogens is 7. The molecular formula is C54H51ClF6N12O2Si2. The van der Waals surface area contributed by atoms with Gasteiger partial charge in [-0.25, -0.2) is 19.9 Å². The maximum Gasteiger partial charge on any atom is 0.433 e. The molecule has 2 aromatic carbocycles. The molecule has 14 nitrogen and oxygen atoms in total. The van der Waals surface area contributed by atoms with Gasteiger partial charge in [-0.3, -0.25) is 19.6 Å². The first kappa shape index (κ1) is 58.0. The van der Waals surface area contributed by atoms with E-state index in [1.165, 1.54) is 12.1 Å². The minimum Gasteiger partial charge on any atom is -0.357 e. The Labute approximate surface area is 447 Å². The fraction of sp³-hybridized carbons (Fsp3) is 0.222. The molecular weight excluding hydrogens is 1050 g/mol. The minimum absolute atomic E-state index is 0.152. The third-order valence-corrected chi connectivity index (χ3v) is 12.8. The van der Waals surface area contributed by atoms with Gasteiger partial charge in [-0.2, -0.15) is 36.3 Å². The molecule has 0 fully saturated rings. The van der Waals surface area contributed by atoms with E-state index in [0.29, 0.717) is 68.2 Å². The van der Waals surface area contributed by atoms with E-state index in [0.717, 1.165) is 40.7 Å². The largest absolute Gasteiger partial charge is 0.433 e. The summed E-state index contributed by atoms with van der Waals surface area (Å²) in [7, 11) is 0.570. The predicted molar refractivity (Wildman–Crippen MR) is 296 cm³/mol. The monoisotopic (exact) mass is 1100 g/mol. The summed E-state index contributed by atoms with van der Waals surface area (Å²) in [5.74, 6) is 2.69. The number of anilines is 4. The van der Waals surface area contributed by atoms with Gasteiger partial charge in [0.1, 0.15) is 38.4 Å². The number of hydrogen-bond acceptors (Lipinski definition) is 12. The van der Waals surface area contributed by atoms with E-state index in [4.69, 9.17) is 23.0 Å². The molecule has 6 heterocycles. The van der Waals surface area contributed by atoms with Gasteiger partial charge >= 0.3 is 12.4 Å². The number of hydrogen-bond donors (Lipinski definition) is 4. The van der Waals surface area contributed by atoms with Gasteiger partial charge in [0.15, 0.2) is 11.3 Å². The summed E-state index contributed by atoms with van der Waals surface area (Å²) < 4.78 is 77.9. The zero-order valence-electron chi connectivity index (χ0n) is 43.4. The van der Waals surface area contributed by atoms with Crippen LogP contribution in [0.25, 0.3) is 44.3 Å². The topological polar surface area (TPSA) is 185 Å². The Bertz CT molecular complexity index is 3640. The quantitative estimate of drug-likeness (QED) is 0.0489. The van der Waals surface area contributed by atoms with Gasteiger partial charge in [-0.05, 0) is 96.8 Å². The van der Waals surface area contributed by atoms with Crippen molar-refractivity contribution in [3.8, 4) is 45.7 Å².